The minimum Gasteiger partial charge on any atom is -0.396 e. The predicted octanol–water partition coefficient (Wildman–Crippen LogP) is 2.67. The van der Waals surface area contributed by atoms with Crippen LogP contribution in [0.2, 0.25) is 0 Å². The lowest BCUT2D eigenvalue weighted by atomic mass is 10.0. The summed E-state index contributed by atoms with van der Waals surface area (Å²) in [4.78, 5) is 10.6. The topological polar surface area (TPSA) is 75.4 Å². The SMILES string of the molecule is CSCC(CCO)NC(C)c1ccc(C)c([N+](=O)[O-])c1. The summed E-state index contributed by atoms with van der Waals surface area (Å²) in [6.45, 7) is 3.86. The van der Waals surface area contributed by atoms with E-state index in [9.17, 15) is 10.1 Å². The minimum absolute atomic E-state index is 0.0120. The van der Waals surface area contributed by atoms with E-state index in [1.54, 1.807) is 30.8 Å². The van der Waals surface area contributed by atoms with Gasteiger partial charge in [0.05, 0.1) is 4.92 Å². The summed E-state index contributed by atoms with van der Waals surface area (Å²) in [7, 11) is 0. The van der Waals surface area contributed by atoms with Gasteiger partial charge in [0.1, 0.15) is 0 Å². The number of nitrogens with one attached hydrogen (secondary N) is 1. The number of aryl methyl sites for hydroxylation is 1. The molecule has 1 rings (SSSR count). The number of benzene rings is 1. The first kappa shape index (κ1) is 16.9. The van der Waals surface area contributed by atoms with E-state index in [0.29, 0.717) is 12.0 Å². The first-order valence-electron chi connectivity index (χ1n) is 6.60. The first-order chi connectivity index (χ1) is 9.49. The third kappa shape index (κ3) is 4.77. The third-order valence-corrected chi connectivity index (χ3v) is 4.00. The van der Waals surface area contributed by atoms with Crippen molar-refractivity contribution in [3.63, 3.8) is 0 Å². The number of hydrogen-bond donors (Lipinski definition) is 2. The zero-order valence-corrected chi connectivity index (χ0v) is 12.9. The van der Waals surface area contributed by atoms with E-state index in [0.717, 1.165) is 11.3 Å². The van der Waals surface area contributed by atoms with E-state index in [-0.39, 0.29) is 29.3 Å². The standard InChI is InChI=1S/C14H22N2O3S/c1-10-4-5-12(8-14(10)16(18)19)11(2)15-13(6-7-17)9-20-3/h4-5,8,11,13,15,17H,6-7,9H2,1-3H3. The molecule has 0 aliphatic rings. The number of nitro groups is 1. The Morgan fingerprint density at radius 1 is 1.50 bits per heavy atom. The molecule has 0 aliphatic heterocycles. The van der Waals surface area contributed by atoms with Gasteiger partial charge in [-0.1, -0.05) is 12.1 Å². The molecule has 0 saturated carbocycles. The van der Waals surface area contributed by atoms with Crippen molar-refractivity contribution in [2.75, 3.05) is 18.6 Å². The molecular weight excluding hydrogens is 276 g/mol. The van der Waals surface area contributed by atoms with Gasteiger partial charge in [0, 0.05) is 36.1 Å². The van der Waals surface area contributed by atoms with Crippen LogP contribution in [0.1, 0.15) is 30.5 Å². The molecule has 0 heterocycles. The van der Waals surface area contributed by atoms with Crippen LogP contribution in [0.4, 0.5) is 5.69 Å². The van der Waals surface area contributed by atoms with Gasteiger partial charge in [-0.15, -0.1) is 0 Å². The summed E-state index contributed by atoms with van der Waals surface area (Å²) in [5.41, 5.74) is 1.72. The number of rotatable bonds is 8. The molecule has 112 valence electrons. The Balaban J connectivity index is 2.83. The van der Waals surface area contributed by atoms with Crippen LogP contribution in [0.5, 0.6) is 0 Å². The van der Waals surface area contributed by atoms with Gasteiger partial charge >= 0.3 is 0 Å². The predicted molar refractivity (Wildman–Crippen MR) is 83.3 cm³/mol. The van der Waals surface area contributed by atoms with Crippen LogP contribution >= 0.6 is 11.8 Å². The molecule has 5 nitrogen and oxygen atoms in total. The van der Waals surface area contributed by atoms with E-state index >= 15 is 0 Å². The Bertz CT molecular complexity index is 448. The summed E-state index contributed by atoms with van der Waals surface area (Å²) in [5, 5.41) is 23.5. The third-order valence-electron chi connectivity index (χ3n) is 3.26. The van der Waals surface area contributed by atoms with Crippen molar-refractivity contribution in [2.24, 2.45) is 0 Å². The molecule has 0 amide bonds. The maximum atomic E-state index is 11.0. The van der Waals surface area contributed by atoms with Crippen LogP contribution < -0.4 is 5.32 Å². The second-order valence-electron chi connectivity index (χ2n) is 4.86. The number of nitro benzene ring substituents is 1. The molecule has 0 fully saturated rings. The molecule has 0 aliphatic carbocycles. The maximum absolute atomic E-state index is 11.0. The second-order valence-corrected chi connectivity index (χ2v) is 5.77. The van der Waals surface area contributed by atoms with Gasteiger partial charge in [0.15, 0.2) is 0 Å². The minimum atomic E-state index is -0.349. The smallest absolute Gasteiger partial charge is 0.272 e. The van der Waals surface area contributed by atoms with E-state index in [4.69, 9.17) is 5.11 Å². The van der Waals surface area contributed by atoms with E-state index in [1.165, 1.54) is 0 Å². The zero-order valence-electron chi connectivity index (χ0n) is 12.1. The van der Waals surface area contributed by atoms with Gasteiger partial charge in [0.2, 0.25) is 0 Å². The lowest BCUT2D eigenvalue weighted by Gasteiger charge is -2.22. The molecule has 2 atom stereocenters. The van der Waals surface area contributed by atoms with Crippen molar-refractivity contribution in [2.45, 2.75) is 32.4 Å². The molecule has 0 radical (unpaired) electrons. The van der Waals surface area contributed by atoms with E-state index in [1.807, 2.05) is 19.2 Å². The van der Waals surface area contributed by atoms with Crippen LogP contribution in [-0.2, 0) is 0 Å². The summed E-state index contributed by atoms with van der Waals surface area (Å²) in [6.07, 6.45) is 2.70. The number of aliphatic hydroxyl groups excluding tert-OH is 1. The van der Waals surface area contributed by atoms with Gasteiger partial charge in [-0.2, -0.15) is 11.8 Å². The highest BCUT2D eigenvalue weighted by Gasteiger charge is 2.17. The Labute approximate surface area is 123 Å². The van der Waals surface area contributed by atoms with Gasteiger partial charge < -0.3 is 10.4 Å². The molecule has 20 heavy (non-hydrogen) atoms. The quantitative estimate of drug-likeness (QED) is 0.570. The van der Waals surface area contributed by atoms with Gasteiger partial charge in [0.25, 0.3) is 5.69 Å². The van der Waals surface area contributed by atoms with E-state index in [2.05, 4.69) is 5.32 Å². The van der Waals surface area contributed by atoms with Gasteiger partial charge in [-0.3, -0.25) is 10.1 Å². The lowest BCUT2D eigenvalue weighted by Crippen LogP contribution is -2.34. The van der Waals surface area contributed by atoms with Crippen LogP contribution in [0, 0.1) is 17.0 Å². The lowest BCUT2D eigenvalue weighted by molar-refractivity contribution is -0.385. The van der Waals surface area contributed by atoms with E-state index < -0.39 is 0 Å². The highest BCUT2D eigenvalue weighted by atomic mass is 32.2. The highest BCUT2D eigenvalue weighted by molar-refractivity contribution is 7.98. The van der Waals surface area contributed by atoms with Crippen molar-refractivity contribution < 1.29 is 10.0 Å². The van der Waals surface area contributed by atoms with Gasteiger partial charge in [-0.25, -0.2) is 0 Å². The highest BCUT2D eigenvalue weighted by Crippen LogP contribution is 2.23. The maximum Gasteiger partial charge on any atom is 0.272 e. The Morgan fingerprint density at radius 3 is 2.75 bits per heavy atom. The normalized spacial score (nSPS) is 14.0. The molecule has 0 aromatic heterocycles. The fourth-order valence-corrected chi connectivity index (χ4v) is 2.78. The Kier molecular flexibility index (Phi) is 6.98. The molecule has 0 saturated heterocycles. The van der Waals surface area contributed by atoms with Crippen molar-refractivity contribution in [1.29, 1.82) is 0 Å². The summed E-state index contributed by atoms with van der Waals surface area (Å²) >= 11 is 1.72. The molecule has 2 N–H and O–H groups in total. The van der Waals surface area contributed by atoms with Crippen LogP contribution in [0.15, 0.2) is 18.2 Å². The Hall–Kier alpha value is -1.11. The van der Waals surface area contributed by atoms with Crippen molar-refractivity contribution in [3.05, 3.63) is 39.4 Å². The number of nitrogens with zero attached hydrogens (tertiary/aromatic N) is 1. The molecular formula is C14H22N2O3S. The fraction of sp³-hybridized carbons (Fsp3) is 0.571. The fourth-order valence-electron chi connectivity index (χ4n) is 2.11. The molecule has 0 spiro atoms. The number of thioether (sulfide) groups is 1. The average molecular weight is 298 g/mol. The van der Waals surface area contributed by atoms with Crippen molar-refractivity contribution >= 4 is 17.4 Å². The molecule has 2 unspecified atom stereocenters. The zero-order chi connectivity index (χ0) is 15.1. The van der Waals surface area contributed by atoms with Crippen molar-refractivity contribution in [1.82, 2.24) is 5.32 Å². The average Bonchev–Trinajstić information content (AvgIpc) is 2.39. The monoisotopic (exact) mass is 298 g/mol. The largest absolute Gasteiger partial charge is 0.396 e. The van der Waals surface area contributed by atoms with Crippen LogP contribution in [0.25, 0.3) is 0 Å². The number of hydrogen-bond acceptors (Lipinski definition) is 5. The number of aliphatic hydroxyl groups is 1. The van der Waals surface area contributed by atoms with Crippen LogP contribution in [-0.4, -0.2) is 34.7 Å². The van der Waals surface area contributed by atoms with Gasteiger partial charge in [-0.05, 0) is 32.1 Å². The Morgan fingerprint density at radius 2 is 2.20 bits per heavy atom. The summed E-state index contributed by atoms with van der Waals surface area (Å²) in [6, 6.07) is 5.53. The second kappa shape index (κ2) is 8.24. The summed E-state index contributed by atoms with van der Waals surface area (Å²) < 4.78 is 0. The molecule has 1 aromatic carbocycles. The molecule has 1 aromatic rings. The first-order valence-corrected chi connectivity index (χ1v) is 7.99. The molecule has 6 heteroatoms. The van der Waals surface area contributed by atoms with Crippen LogP contribution in [0.3, 0.4) is 0 Å². The summed E-state index contributed by atoms with van der Waals surface area (Å²) in [5.74, 6) is 0.902. The molecule has 0 bridgehead atoms. The van der Waals surface area contributed by atoms with Crippen molar-refractivity contribution in [3.8, 4) is 0 Å².